The van der Waals surface area contributed by atoms with Crippen molar-refractivity contribution >= 4 is 28.7 Å². The Labute approximate surface area is 235 Å². The summed E-state index contributed by atoms with van der Waals surface area (Å²) in [6.07, 6.45) is 3.93. The van der Waals surface area contributed by atoms with Crippen molar-refractivity contribution in [3.63, 3.8) is 0 Å². The number of fused-ring (bicyclic) bond motifs is 1. The van der Waals surface area contributed by atoms with Gasteiger partial charge in [-0.1, -0.05) is 35.9 Å². The minimum Gasteiger partial charge on any atom is -0.464 e. The van der Waals surface area contributed by atoms with Crippen molar-refractivity contribution in [2.45, 2.75) is 31.9 Å². The van der Waals surface area contributed by atoms with Gasteiger partial charge in [-0.3, -0.25) is 0 Å². The molecule has 0 unspecified atom stereocenters. The van der Waals surface area contributed by atoms with Gasteiger partial charge in [0.05, 0.1) is 19.8 Å². The lowest BCUT2D eigenvalue weighted by atomic mass is 10.1. The van der Waals surface area contributed by atoms with Crippen molar-refractivity contribution in [2.24, 2.45) is 0 Å². The lowest BCUT2D eigenvalue weighted by Crippen LogP contribution is -2.32. The van der Waals surface area contributed by atoms with Gasteiger partial charge < -0.3 is 18.8 Å². The molecular formula is C30H26ClN5O4. The topological polar surface area (TPSA) is 101 Å². The zero-order valence-electron chi connectivity index (χ0n) is 21.8. The molecule has 4 heterocycles. The lowest BCUT2D eigenvalue weighted by molar-refractivity contribution is -0.0590. The first-order chi connectivity index (χ1) is 19.5. The molecule has 0 amide bonds. The van der Waals surface area contributed by atoms with Crippen LogP contribution in [0.1, 0.15) is 39.7 Å². The van der Waals surface area contributed by atoms with Gasteiger partial charge in [0.15, 0.2) is 11.3 Å². The lowest BCUT2D eigenvalue weighted by Gasteiger charge is -2.27. The molecule has 1 atom stereocenters. The largest absolute Gasteiger partial charge is 0.464 e. The third-order valence-electron chi connectivity index (χ3n) is 6.71. The van der Waals surface area contributed by atoms with Gasteiger partial charge in [0.2, 0.25) is 5.88 Å². The summed E-state index contributed by atoms with van der Waals surface area (Å²) in [6, 6.07) is 20.6. The first-order valence-electron chi connectivity index (χ1n) is 12.9. The van der Waals surface area contributed by atoms with E-state index in [2.05, 4.69) is 15.0 Å². The molecule has 5 aromatic rings. The number of methoxy groups -OCH3 is 1. The maximum absolute atomic E-state index is 12.1. The Morgan fingerprint density at radius 2 is 1.73 bits per heavy atom. The van der Waals surface area contributed by atoms with Gasteiger partial charge in [0, 0.05) is 36.7 Å². The Balaban J connectivity index is 1.18. The molecule has 9 nitrogen and oxygen atoms in total. The second kappa shape index (κ2) is 11.4. The van der Waals surface area contributed by atoms with Crippen LogP contribution >= 0.6 is 11.6 Å². The second-order valence-electron chi connectivity index (χ2n) is 9.49. The Bertz CT molecular complexity index is 1650. The predicted molar refractivity (Wildman–Crippen MR) is 149 cm³/mol. The fourth-order valence-corrected chi connectivity index (χ4v) is 4.64. The Hall–Kier alpha value is -4.34. The highest BCUT2D eigenvalue weighted by molar-refractivity contribution is 6.30. The maximum Gasteiger partial charge on any atom is 0.356 e. The van der Waals surface area contributed by atoms with Crippen molar-refractivity contribution in [1.29, 1.82) is 0 Å². The van der Waals surface area contributed by atoms with Gasteiger partial charge in [-0.15, -0.1) is 0 Å². The summed E-state index contributed by atoms with van der Waals surface area (Å²) in [5.74, 6) is 2.17. The maximum atomic E-state index is 12.1. The summed E-state index contributed by atoms with van der Waals surface area (Å²) in [7, 11) is 1.34. The monoisotopic (exact) mass is 555 g/mol. The molecule has 202 valence electrons. The van der Waals surface area contributed by atoms with Gasteiger partial charge >= 0.3 is 5.97 Å². The number of nitrogens with zero attached hydrogens (tertiary/aromatic N) is 5. The van der Waals surface area contributed by atoms with E-state index in [-0.39, 0.29) is 11.8 Å². The number of carbonyl (C=O) groups is 1. The molecule has 1 aliphatic rings. The minimum atomic E-state index is -0.479. The fourth-order valence-electron chi connectivity index (χ4n) is 4.51. The Morgan fingerprint density at radius 1 is 0.975 bits per heavy atom. The van der Waals surface area contributed by atoms with Crippen LogP contribution in [0.3, 0.4) is 0 Å². The summed E-state index contributed by atoms with van der Waals surface area (Å²) in [5, 5.41) is 0.694. The van der Waals surface area contributed by atoms with E-state index in [0.29, 0.717) is 47.5 Å². The molecular weight excluding hydrogens is 530 g/mol. The Kier molecular flexibility index (Phi) is 7.39. The number of benzene rings is 2. The van der Waals surface area contributed by atoms with E-state index in [0.717, 1.165) is 35.5 Å². The van der Waals surface area contributed by atoms with E-state index in [1.54, 1.807) is 24.4 Å². The van der Waals surface area contributed by atoms with Gasteiger partial charge in [-0.05, 0) is 53.9 Å². The van der Waals surface area contributed by atoms with Crippen LogP contribution in [0, 0.1) is 0 Å². The van der Waals surface area contributed by atoms with E-state index in [1.807, 2.05) is 53.1 Å². The number of esters is 1. The first-order valence-corrected chi connectivity index (χ1v) is 13.3. The predicted octanol–water partition coefficient (Wildman–Crippen LogP) is 5.42. The van der Waals surface area contributed by atoms with Crippen molar-refractivity contribution in [2.75, 3.05) is 13.7 Å². The van der Waals surface area contributed by atoms with E-state index in [9.17, 15) is 4.79 Å². The van der Waals surface area contributed by atoms with E-state index >= 15 is 0 Å². The van der Waals surface area contributed by atoms with Gasteiger partial charge in [0.25, 0.3) is 0 Å². The van der Waals surface area contributed by atoms with Crippen LogP contribution in [0.4, 0.5) is 0 Å². The summed E-state index contributed by atoms with van der Waals surface area (Å²) in [6.45, 7) is 1.38. The molecule has 3 aromatic heterocycles. The van der Waals surface area contributed by atoms with Gasteiger partial charge in [-0.25, -0.2) is 19.7 Å². The van der Waals surface area contributed by atoms with E-state index < -0.39 is 5.97 Å². The average Bonchev–Trinajstić information content (AvgIpc) is 3.28. The SMILES string of the molecule is COC(=O)c1ccc2nc(Cc3ccc(Oc4ccnc(Cc5ccc(Cl)cc5)n4)cc3)n(C[C@@H]3CCO3)c2n1. The number of hydrogen-bond acceptors (Lipinski definition) is 8. The quantitative estimate of drug-likeness (QED) is 0.222. The molecule has 10 heteroatoms. The van der Waals surface area contributed by atoms with Crippen LogP contribution in [-0.2, 0) is 28.9 Å². The van der Waals surface area contributed by atoms with Crippen molar-refractivity contribution in [3.05, 3.63) is 106 Å². The molecule has 0 saturated carbocycles. The molecule has 40 heavy (non-hydrogen) atoms. The number of hydrogen-bond donors (Lipinski definition) is 0. The second-order valence-corrected chi connectivity index (χ2v) is 9.92. The molecule has 1 aliphatic heterocycles. The molecule has 6 rings (SSSR count). The van der Waals surface area contributed by atoms with Crippen LogP contribution in [0.5, 0.6) is 11.6 Å². The summed E-state index contributed by atoms with van der Waals surface area (Å²) < 4.78 is 18.6. The molecule has 0 radical (unpaired) electrons. The van der Waals surface area contributed by atoms with E-state index in [1.165, 1.54) is 7.11 Å². The summed E-state index contributed by atoms with van der Waals surface area (Å²) in [4.78, 5) is 30.4. The zero-order valence-corrected chi connectivity index (χ0v) is 22.5. The molecule has 1 fully saturated rings. The highest BCUT2D eigenvalue weighted by Gasteiger charge is 2.23. The third-order valence-corrected chi connectivity index (χ3v) is 6.96. The smallest absolute Gasteiger partial charge is 0.356 e. The van der Waals surface area contributed by atoms with Crippen molar-refractivity contribution in [3.8, 4) is 11.6 Å². The molecule has 0 spiro atoms. The summed E-state index contributed by atoms with van der Waals surface area (Å²) in [5.41, 5.74) is 3.74. The van der Waals surface area contributed by atoms with E-state index in [4.69, 9.17) is 30.8 Å². The number of ether oxygens (including phenoxy) is 3. The molecule has 0 bridgehead atoms. The standard InChI is InChI=1S/C30H26ClN5O4/c1-38-30(37)25-11-10-24-29(34-25)36(18-23-13-15-39-23)27(33-24)17-20-4-8-22(9-5-20)40-28-12-14-32-26(35-28)16-19-2-6-21(31)7-3-19/h2-12,14,23H,13,15-18H2,1H3/t23-/m0/s1. The molecule has 1 saturated heterocycles. The van der Waals surface area contributed by atoms with Crippen LogP contribution in [-0.4, -0.2) is 50.3 Å². The Morgan fingerprint density at radius 3 is 2.45 bits per heavy atom. The van der Waals surface area contributed by atoms with Gasteiger partial charge in [-0.2, -0.15) is 4.98 Å². The number of carbonyl (C=O) groups excluding carboxylic acids is 1. The fraction of sp³-hybridized carbons (Fsp3) is 0.233. The van der Waals surface area contributed by atoms with Crippen molar-refractivity contribution < 1.29 is 19.0 Å². The third kappa shape index (κ3) is 5.80. The van der Waals surface area contributed by atoms with Crippen molar-refractivity contribution in [1.82, 2.24) is 24.5 Å². The number of rotatable bonds is 9. The average molecular weight is 556 g/mol. The normalized spacial score (nSPS) is 14.6. The number of aromatic nitrogens is 5. The highest BCUT2D eigenvalue weighted by atomic mass is 35.5. The van der Waals surface area contributed by atoms with Crippen LogP contribution < -0.4 is 4.74 Å². The molecule has 0 N–H and O–H groups in total. The number of imidazole rings is 1. The molecule has 0 aliphatic carbocycles. The highest BCUT2D eigenvalue weighted by Crippen LogP contribution is 2.25. The van der Waals surface area contributed by atoms with Crippen LogP contribution in [0.25, 0.3) is 11.2 Å². The number of pyridine rings is 1. The van der Waals surface area contributed by atoms with Crippen LogP contribution in [0.15, 0.2) is 72.9 Å². The zero-order chi connectivity index (χ0) is 27.5. The number of halogens is 1. The van der Waals surface area contributed by atoms with Gasteiger partial charge in [0.1, 0.15) is 22.9 Å². The minimum absolute atomic E-state index is 0.105. The van der Waals surface area contributed by atoms with Crippen LogP contribution in [0.2, 0.25) is 5.02 Å². The molecule has 2 aromatic carbocycles. The first kappa shape index (κ1) is 25.9. The summed E-state index contributed by atoms with van der Waals surface area (Å²) >= 11 is 5.98.